The lowest BCUT2D eigenvalue weighted by atomic mass is 10.1. The van der Waals surface area contributed by atoms with Crippen LogP contribution in [0.2, 0.25) is 0 Å². The van der Waals surface area contributed by atoms with Crippen LogP contribution in [0.5, 0.6) is 0 Å². The van der Waals surface area contributed by atoms with Gasteiger partial charge in [-0.25, -0.2) is 0 Å². The molecule has 2 aliphatic rings. The normalized spacial score (nSPS) is 24.6. The van der Waals surface area contributed by atoms with Crippen LogP contribution in [0.4, 0.5) is 0 Å². The smallest absolute Gasteiger partial charge is 0.247 e. The molecule has 0 bridgehead atoms. The van der Waals surface area contributed by atoms with Gasteiger partial charge in [0.2, 0.25) is 11.8 Å². The topological polar surface area (TPSA) is 62.3 Å². The highest BCUT2D eigenvalue weighted by molar-refractivity contribution is 7.09. The van der Waals surface area contributed by atoms with Crippen molar-refractivity contribution in [3.05, 3.63) is 16.6 Å². The molecule has 1 N–H and O–H groups in total. The van der Waals surface area contributed by atoms with E-state index in [2.05, 4.69) is 10.3 Å². The van der Waals surface area contributed by atoms with Gasteiger partial charge in [0.1, 0.15) is 0 Å². The maximum atomic E-state index is 12.5. The van der Waals surface area contributed by atoms with Gasteiger partial charge in [-0.1, -0.05) is 25.7 Å². The molecule has 1 aromatic heterocycles. The van der Waals surface area contributed by atoms with Gasteiger partial charge >= 0.3 is 0 Å². The number of aromatic nitrogens is 1. The Morgan fingerprint density at radius 2 is 2.00 bits per heavy atom. The standard InChI is InChI=1S/C15H21N3O2S/c19-14-7-13(17-9-12-8-16-10-21-12)15(20)18(14)11-5-3-1-2-4-6-11/h8,10-11,13,17H,1-7,9H2. The molecular weight excluding hydrogens is 286 g/mol. The summed E-state index contributed by atoms with van der Waals surface area (Å²) < 4.78 is 0. The molecule has 3 rings (SSSR count). The van der Waals surface area contributed by atoms with Gasteiger partial charge in [0.15, 0.2) is 0 Å². The molecule has 0 aromatic carbocycles. The first kappa shape index (κ1) is 14.7. The summed E-state index contributed by atoms with van der Waals surface area (Å²) >= 11 is 1.56. The van der Waals surface area contributed by atoms with Crippen LogP contribution in [0.15, 0.2) is 11.7 Å². The minimum atomic E-state index is -0.358. The Morgan fingerprint density at radius 1 is 1.24 bits per heavy atom. The molecule has 5 nitrogen and oxygen atoms in total. The van der Waals surface area contributed by atoms with Crippen molar-refractivity contribution >= 4 is 23.2 Å². The Balaban J connectivity index is 1.61. The largest absolute Gasteiger partial charge is 0.300 e. The number of amides is 2. The fourth-order valence-corrected chi connectivity index (χ4v) is 3.81. The van der Waals surface area contributed by atoms with Gasteiger partial charge in [-0.15, -0.1) is 11.3 Å². The first-order chi connectivity index (χ1) is 10.3. The van der Waals surface area contributed by atoms with Crippen molar-refractivity contribution in [3.8, 4) is 0 Å². The molecule has 0 radical (unpaired) electrons. The molecule has 2 heterocycles. The highest BCUT2D eigenvalue weighted by atomic mass is 32.1. The first-order valence-electron chi connectivity index (χ1n) is 7.72. The molecule has 6 heteroatoms. The van der Waals surface area contributed by atoms with E-state index in [1.165, 1.54) is 12.8 Å². The number of likely N-dealkylation sites (tertiary alicyclic amines) is 1. The number of hydrogen-bond acceptors (Lipinski definition) is 5. The van der Waals surface area contributed by atoms with Crippen molar-refractivity contribution in [3.63, 3.8) is 0 Å². The zero-order valence-electron chi connectivity index (χ0n) is 12.1. The lowest BCUT2D eigenvalue weighted by Gasteiger charge is -2.25. The van der Waals surface area contributed by atoms with Crippen molar-refractivity contribution in [2.45, 2.75) is 63.6 Å². The van der Waals surface area contributed by atoms with E-state index >= 15 is 0 Å². The third-order valence-electron chi connectivity index (χ3n) is 4.38. The zero-order valence-corrected chi connectivity index (χ0v) is 12.9. The van der Waals surface area contributed by atoms with Crippen molar-refractivity contribution < 1.29 is 9.59 Å². The minimum absolute atomic E-state index is 0.00583. The highest BCUT2D eigenvalue weighted by Gasteiger charge is 2.41. The third kappa shape index (κ3) is 3.32. The lowest BCUT2D eigenvalue weighted by molar-refractivity contribution is -0.141. The second-order valence-corrected chi connectivity index (χ2v) is 6.82. The Hall–Kier alpha value is -1.27. The van der Waals surface area contributed by atoms with Gasteiger partial charge in [0.05, 0.1) is 18.0 Å². The predicted molar refractivity (Wildman–Crippen MR) is 80.7 cm³/mol. The number of hydrogen-bond donors (Lipinski definition) is 1. The van der Waals surface area contributed by atoms with Crippen molar-refractivity contribution in [2.24, 2.45) is 0 Å². The Morgan fingerprint density at radius 3 is 2.67 bits per heavy atom. The molecule has 1 saturated heterocycles. The summed E-state index contributed by atoms with van der Waals surface area (Å²) in [5.74, 6) is -0.0369. The summed E-state index contributed by atoms with van der Waals surface area (Å²) in [4.78, 5) is 31.4. The van der Waals surface area contributed by atoms with E-state index < -0.39 is 0 Å². The fourth-order valence-electron chi connectivity index (χ4n) is 3.26. The summed E-state index contributed by atoms with van der Waals surface area (Å²) in [7, 11) is 0. The Labute approximate surface area is 128 Å². The van der Waals surface area contributed by atoms with Gasteiger partial charge in [0.25, 0.3) is 0 Å². The zero-order chi connectivity index (χ0) is 14.7. The number of imide groups is 1. The molecule has 2 amide bonds. The van der Waals surface area contributed by atoms with Crippen LogP contribution < -0.4 is 5.32 Å². The van der Waals surface area contributed by atoms with E-state index in [9.17, 15) is 9.59 Å². The Kier molecular flexibility index (Phi) is 4.65. The third-order valence-corrected chi connectivity index (χ3v) is 5.16. The van der Waals surface area contributed by atoms with E-state index in [-0.39, 0.29) is 23.9 Å². The van der Waals surface area contributed by atoms with Crippen LogP contribution in [-0.2, 0) is 16.1 Å². The predicted octanol–water partition coefficient (Wildman–Crippen LogP) is 2.08. The number of carbonyl (C=O) groups excluding carboxylic acids is 2. The van der Waals surface area contributed by atoms with E-state index in [1.807, 2.05) is 0 Å². The summed E-state index contributed by atoms with van der Waals surface area (Å²) in [6.45, 7) is 0.604. The van der Waals surface area contributed by atoms with Gasteiger partial charge in [-0.3, -0.25) is 19.5 Å². The summed E-state index contributed by atoms with van der Waals surface area (Å²) in [5.41, 5.74) is 1.77. The minimum Gasteiger partial charge on any atom is -0.300 e. The molecule has 1 unspecified atom stereocenters. The number of thiazole rings is 1. The molecule has 0 spiro atoms. The van der Waals surface area contributed by atoms with Crippen molar-refractivity contribution in [2.75, 3.05) is 0 Å². The second-order valence-electron chi connectivity index (χ2n) is 5.85. The van der Waals surface area contributed by atoms with Crippen molar-refractivity contribution in [1.82, 2.24) is 15.2 Å². The quantitative estimate of drug-likeness (QED) is 0.683. The molecular formula is C15H21N3O2S. The molecule has 1 saturated carbocycles. The summed E-state index contributed by atoms with van der Waals surface area (Å²) in [5, 5.41) is 3.21. The molecule has 1 atom stereocenters. The first-order valence-corrected chi connectivity index (χ1v) is 8.60. The lowest BCUT2D eigenvalue weighted by Crippen LogP contribution is -2.43. The van der Waals surface area contributed by atoms with Gasteiger partial charge in [-0.2, -0.15) is 0 Å². The van der Waals surface area contributed by atoms with Crippen LogP contribution in [0.1, 0.15) is 49.8 Å². The highest BCUT2D eigenvalue weighted by Crippen LogP contribution is 2.26. The SMILES string of the molecule is O=C1CC(NCc2cncs2)C(=O)N1C1CCCCCC1. The van der Waals surface area contributed by atoms with E-state index in [1.54, 1.807) is 27.9 Å². The van der Waals surface area contributed by atoms with Crippen molar-refractivity contribution in [1.29, 1.82) is 0 Å². The number of carbonyl (C=O) groups is 2. The van der Waals surface area contributed by atoms with E-state index in [0.29, 0.717) is 13.0 Å². The van der Waals surface area contributed by atoms with Crippen LogP contribution >= 0.6 is 11.3 Å². The van der Waals surface area contributed by atoms with Gasteiger partial charge in [0, 0.05) is 23.7 Å². The van der Waals surface area contributed by atoms with Crippen LogP contribution in [0.3, 0.4) is 0 Å². The second kappa shape index (κ2) is 6.66. The maximum absolute atomic E-state index is 12.5. The molecule has 1 aliphatic heterocycles. The van der Waals surface area contributed by atoms with Gasteiger partial charge in [-0.05, 0) is 12.8 Å². The number of nitrogens with zero attached hydrogens (tertiary/aromatic N) is 2. The molecule has 1 aromatic rings. The average molecular weight is 307 g/mol. The summed E-state index contributed by atoms with van der Waals surface area (Å²) in [6.07, 6.45) is 8.73. The number of nitrogens with one attached hydrogen (secondary N) is 1. The summed E-state index contributed by atoms with van der Waals surface area (Å²) in [6, 6.07) is -0.231. The van der Waals surface area contributed by atoms with Gasteiger partial charge < -0.3 is 5.32 Å². The fraction of sp³-hybridized carbons (Fsp3) is 0.667. The molecule has 2 fully saturated rings. The number of rotatable bonds is 4. The van der Waals surface area contributed by atoms with E-state index in [0.717, 1.165) is 30.6 Å². The molecule has 1 aliphatic carbocycles. The van der Waals surface area contributed by atoms with E-state index in [4.69, 9.17) is 0 Å². The van der Waals surface area contributed by atoms with Crippen LogP contribution in [-0.4, -0.2) is 33.8 Å². The van der Waals surface area contributed by atoms with Crippen LogP contribution in [0.25, 0.3) is 0 Å². The molecule has 114 valence electrons. The van der Waals surface area contributed by atoms with Crippen LogP contribution in [0, 0.1) is 0 Å². The maximum Gasteiger partial charge on any atom is 0.247 e. The molecule has 21 heavy (non-hydrogen) atoms. The Bertz CT molecular complexity index is 495. The monoisotopic (exact) mass is 307 g/mol. The average Bonchev–Trinajstić information content (AvgIpc) is 2.98.